The number of rotatable bonds is 8. The summed E-state index contributed by atoms with van der Waals surface area (Å²) in [6.45, 7) is 5.23. The van der Waals surface area contributed by atoms with E-state index in [1.807, 2.05) is 14.0 Å². The van der Waals surface area contributed by atoms with E-state index in [-0.39, 0.29) is 11.6 Å². The largest absolute Gasteiger partial charge is 0.471 e. The van der Waals surface area contributed by atoms with Crippen LogP contribution < -0.4 is 10.1 Å². The maximum absolute atomic E-state index is 11.1. The van der Waals surface area contributed by atoms with E-state index in [2.05, 4.69) is 20.2 Å². The number of nitrogens with one attached hydrogen (secondary N) is 1. The molecule has 0 spiro atoms. The summed E-state index contributed by atoms with van der Waals surface area (Å²) in [6.07, 6.45) is 2.43. The van der Waals surface area contributed by atoms with Crippen LogP contribution in [-0.2, 0) is 0 Å². The zero-order valence-electron chi connectivity index (χ0n) is 12.6. The summed E-state index contributed by atoms with van der Waals surface area (Å²) in [4.78, 5) is 21.0. The summed E-state index contributed by atoms with van der Waals surface area (Å²) < 4.78 is 5.54. The van der Waals surface area contributed by atoms with Gasteiger partial charge in [0.15, 0.2) is 0 Å². The fraction of sp³-hybridized carbons (Fsp3) is 0.692. The minimum atomic E-state index is -0.495. The number of aryl methyl sites for hydroxylation is 1. The average Bonchev–Trinajstić information content (AvgIpc) is 3.22. The predicted molar refractivity (Wildman–Crippen MR) is 78.7 cm³/mol. The lowest BCUT2D eigenvalue weighted by molar-refractivity contribution is -0.387. The standard InChI is InChI=1S/C13H21N5O3/c1-4-14-13-15-9(2)11(18(19)20)12(16-13)21-8-7-17(3)10-5-6-10/h10H,4-8H2,1-3H3,(H,14,15,16). The smallest absolute Gasteiger partial charge is 0.352 e. The van der Waals surface area contributed by atoms with Gasteiger partial charge in [0.25, 0.3) is 5.88 Å². The zero-order chi connectivity index (χ0) is 15.4. The third-order valence-electron chi connectivity index (χ3n) is 3.40. The molecular weight excluding hydrogens is 274 g/mol. The van der Waals surface area contributed by atoms with Gasteiger partial charge >= 0.3 is 5.69 Å². The first-order valence-electron chi connectivity index (χ1n) is 7.12. The van der Waals surface area contributed by atoms with E-state index < -0.39 is 4.92 Å². The van der Waals surface area contributed by atoms with Crippen LogP contribution in [0.15, 0.2) is 0 Å². The molecule has 8 heteroatoms. The van der Waals surface area contributed by atoms with Crippen molar-refractivity contribution in [2.75, 3.05) is 32.1 Å². The second kappa shape index (κ2) is 6.66. The molecule has 1 saturated carbocycles. The van der Waals surface area contributed by atoms with Crippen LogP contribution in [-0.4, -0.2) is 52.6 Å². The zero-order valence-corrected chi connectivity index (χ0v) is 12.6. The van der Waals surface area contributed by atoms with Crippen LogP contribution in [0.25, 0.3) is 0 Å². The molecule has 2 rings (SSSR count). The van der Waals surface area contributed by atoms with Gasteiger partial charge < -0.3 is 15.0 Å². The molecule has 0 aromatic carbocycles. The van der Waals surface area contributed by atoms with Gasteiger partial charge in [0.05, 0.1) is 4.92 Å². The monoisotopic (exact) mass is 295 g/mol. The van der Waals surface area contributed by atoms with Gasteiger partial charge in [-0.3, -0.25) is 10.1 Å². The van der Waals surface area contributed by atoms with Crippen molar-refractivity contribution >= 4 is 11.6 Å². The summed E-state index contributed by atoms with van der Waals surface area (Å²) in [6, 6.07) is 0.632. The lowest BCUT2D eigenvalue weighted by Crippen LogP contribution is -2.26. The molecule has 116 valence electrons. The van der Waals surface area contributed by atoms with Crippen LogP contribution in [0.2, 0.25) is 0 Å². The molecule has 1 heterocycles. The molecular formula is C13H21N5O3. The van der Waals surface area contributed by atoms with Crippen molar-refractivity contribution < 1.29 is 9.66 Å². The molecule has 0 saturated heterocycles. The Balaban J connectivity index is 2.08. The molecule has 1 aromatic heterocycles. The van der Waals surface area contributed by atoms with E-state index in [1.165, 1.54) is 12.8 Å². The molecule has 1 aromatic rings. The quantitative estimate of drug-likeness (QED) is 0.575. The molecule has 21 heavy (non-hydrogen) atoms. The number of aromatic nitrogens is 2. The number of ether oxygens (including phenoxy) is 1. The highest BCUT2D eigenvalue weighted by Gasteiger charge is 2.27. The van der Waals surface area contributed by atoms with Gasteiger partial charge in [-0.05, 0) is 33.7 Å². The van der Waals surface area contributed by atoms with Gasteiger partial charge in [0.2, 0.25) is 5.95 Å². The Hall–Kier alpha value is -1.96. The van der Waals surface area contributed by atoms with Crippen LogP contribution in [0.5, 0.6) is 5.88 Å². The van der Waals surface area contributed by atoms with E-state index in [4.69, 9.17) is 4.74 Å². The summed E-state index contributed by atoms with van der Waals surface area (Å²) in [5, 5.41) is 14.1. The second-order valence-corrected chi connectivity index (χ2v) is 5.13. The first kappa shape index (κ1) is 15.4. The summed E-state index contributed by atoms with van der Waals surface area (Å²) in [7, 11) is 2.03. The summed E-state index contributed by atoms with van der Waals surface area (Å²) >= 11 is 0. The highest BCUT2D eigenvalue weighted by Crippen LogP contribution is 2.29. The number of nitro groups is 1. The lowest BCUT2D eigenvalue weighted by atomic mass is 10.3. The number of anilines is 1. The molecule has 1 N–H and O–H groups in total. The Kier molecular flexibility index (Phi) is 4.89. The van der Waals surface area contributed by atoms with Crippen molar-refractivity contribution in [2.24, 2.45) is 0 Å². The minimum Gasteiger partial charge on any atom is -0.471 e. The molecule has 0 amide bonds. The Bertz CT molecular complexity index is 519. The molecule has 0 radical (unpaired) electrons. The van der Waals surface area contributed by atoms with Crippen molar-refractivity contribution in [3.63, 3.8) is 0 Å². The molecule has 0 aliphatic heterocycles. The lowest BCUT2D eigenvalue weighted by Gasteiger charge is -2.16. The van der Waals surface area contributed by atoms with Crippen LogP contribution >= 0.6 is 0 Å². The normalized spacial score (nSPS) is 14.3. The van der Waals surface area contributed by atoms with Gasteiger partial charge in [-0.1, -0.05) is 0 Å². The fourth-order valence-corrected chi connectivity index (χ4v) is 2.07. The van der Waals surface area contributed by atoms with E-state index in [1.54, 1.807) is 6.92 Å². The number of hydrogen-bond acceptors (Lipinski definition) is 7. The molecule has 1 aliphatic carbocycles. The van der Waals surface area contributed by atoms with Crippen molar-refractivity contribution in [1.29, 1.82) is 0 Å². The summed E-state index contributed by atoms with van der Waals surface area (Å²) in [5.74, 6) is 0.388. The van der Waals surface area contributed by atoms with Crippen molar-refractivity contribution in [2.45, 2.75) is 32.7 Å². The topological polar surface area (TPSA) is 93.4 Å². The number of hydrogen-bond donors (Lipinski definition) is 1. The van der Waals surface area contributed by atoms with Crippen LogP contribution in [0, 0.1) is 17.0 Å². The van der Waals surface area contributed by atoms with E-state index >= 15 is 0 Å². The van der Waals surface area contributed by atoms with Gasteiger partial charge in [-0.15, -0.1) is 0 Å². The molecule has 1 aliphatic rings. The van der Waals surface area contributed by atoms with E-state index in [9.17, 15) is 10.1 Å². The first-order valence-corrected chi connectivity index (χ1v) is 7.12. The van der Waals surface area contributed by atoms with Crippen molar-refractivity contribution in [3.8, 4) is 5.88 Å². The molecule has 0 atom stereocenters. The predicted octanol–water partition coefficient (Wildman–Crippen LogP) is 1.60. The van der Waals surface area contributed by atoms with Gasteiger partial charge in [0, 0.05) is 19.1 Å². The highest BCUT2D eigenvalue weighted by atomic mass is 16.6. The van der Waals surface area contributed by atoms with Crippen LogP contribution in [0.1, 0.15) is 25.5 Å². The third-order valence-corrected chi connectivity index (χ3v) is 3.40. The van der Waals surface area contributed by atoms with Crippen molar-refractivity contribution in [1.82, 2.24) is 14.9 Å². The number of nitrogens with zero attached hydrogens (tertiary/aromatic N) is 4. The SMILES string of the molecule is CCNc1nc(C)c([N+](=O)[O-])c(OCCN(C)C2CC2)n1. The summed E-state index contributed by atoms with van der Waals surface area (Å²) in [5.41, 5.74) is 0.141. The highest BCUT2D eigenvalue weighted by molar-refractivity contribution is 5.48. The van der Waals surface area contributed by atoms with Crippen molar-refractivity contribution in [3.05, 3.63) is 15.8 Å². The van der Waals surface area contributed by atoms with E-state index in [0.29, 0.717) is 30.8 Å². The second-order valence-electron chi connectivity index (χ2n) is 5.13. The minimum absolute atomic E-state index is 0.0349. The Morgan fingerprint density at radius 2 is 2.19 bits per heavy atom. The van der Waals surface area contributed by atoms with Crippen LogP contribution in [0.3, 0.4) is 0 Å². The fourth-order valence-electron chi connectivity index (χ4n) is 2.07. The Morgan fingerprint density at radius 3 is 2.76 bits per heavy atom. The molecule has 8 nitrogen and oxygen atoms in total. The Labute approximate surface area is 123 Å². The molecule has 1 fully saturated rings. The Morgan fingerprint density at radius 1 is 1.48 bits per heavy atom. The number of likely N-dealkylation sites (N-methyl/N-ethyl adjacent to an activating group) is 1. The molecule has 0 bridgehead atoms. The van der Waals surface area contributed by atoms with Gasteiger partial charge in [0.1, 0.15) is 12.3 Å². The average molecular weight is 295 g/mol. The maximum atomic E-state index is 11.1. The van der Waals surface area contributed by atoms with Gasteiger partial charge in [-0.25, -0.2) is 4.98 Å². The maximum Gasteiger partial charge on any atom is 0.352 e. The third kappa shape index (κ3) is 4.01. The van der Waals surface area contributed by atoms with Gasteiger partial charge in [-0.2, -0.15) is 4.98 Å². The first-order chi connectivity index (χ1) is 10.0. The molecule has 0 unspecified atom stereocenters. The van der Waals surface area contributed by atoms with E-state index in [0.717, 1.165) is 6.54 Å². The van der Waals surface area contributed by atoms with Crippen LogP contribution in [0.4, 0.5) is 11.6 Å².